The molecule has 7 heteroatoms. The summed E-state index contributed by atoms with van der Waals surface area (Å²) >= 11 is 0. The number of rotatable bonds is 10. The van der Waals surface area contributed by atoms with Crippen LogP contribution in [0, 0.1) is 6.92 Å². The van der Waals surface area contributed by atoms with E-state index in [0.29, 0.717) is 38.5 Å². The molecule has 0 saturated carbocycles. The molecule has 1 spiro atoms. The molecule has 0 bridgehead atoms. The largest absolute Gasteiger partial charge is 0.466 e. The van der Waals surface area contributed by atoms with Gasteiger partial charge in [0.2, 0.25) is 0 Å². The number of ether oxygens (including phenoxy) is 1. The van der Waals surface area contributed by atoms with E-state index in [2.05, 4.69) is 17.9 Å². The summed E-state index contributed by atoms with van der Waals surface area (Å²) in [5.41, 5.74) is 0.234. The third-order valence-corrected chi connectivity index (χ3v) is 7.34. The van der Waals surface area contributed by atoms with Crippen LogP contribution < -0.4 is 0 Å². The highest BCUT2D eigenvalue weighted by molar-refractivity contribution is 6.07. The standard InChI is InChI=1S/C27H37N3O4/c1-21(24-11-10-22(2)34-24)12-16-28-17-13-27(14-18-28)25(31)29(20-23-8-5-4-6-9-23)26(32)30(27)15-7-19-33-3/h4-6,8-11,21H,7,12-20H2,1-3H3. The molecule has 2 aliphatic rings. The maximum Gasteiger partial charge on any atom is 0.327 e. The van der Waals surface area contributed by atoms with E-state index in [-0.39, 0.29) is 11.9 Å². The second kappa shape index (κ2) is 10.7. The zero-order valence-electron chi connectivity index (χ0n) is 20.7. The van der Waals surface area contributed by atoms with E-state index >= 15 is 0 Å². The average molecular weight is 468 g/mol. The maximum atomic E-state index is 13.7. The molecule has 7 nitrogen and oxygen atoms in total. The first-order valence-corrected chi connectivity index (χ1v) is 12.4. The fraction of sp³-hybridized carbons (Fsp3) is 0.556. The number of methoxy groups -OCH3 is 1. The van der Waals surface area contributed by atoms with Gasteiger partial charge < -0.3 is 19.0 Å². The number of amides is 3. The number of piperidine rings is 1. The first kappa shape index (κ1) is 24.5. The van der Waals surface area contributed by atoms with E-state index in [1.807, 2.05) is 48.2 Å². The molecular weight excluding hydrogens is 430 g/mol. The summed E-state index contributed by atoms with van der Waals surface area (Å²) in [6.07, 6.45) is 3.07. The van der Waals surface area contributed by atoms with Crippen LogP contribution in [0.2, 0.25) is 0 Å². The SMILES string of the molecule is COCCCN1C(=O)N(Cc2ccccc2)C(=O)C12CCN(CCC(C)c1ccc(C)o1)CC2. The van der Waals surface area contributed by atoms with Crippen LogP contribution in [0.5, 0.6) is 0 Å². The molecule has 1 aromatic carbocycles. The number of imide groups is 1. The first-order valence-electron chi connectivity index (χ1n) is 12.4. The molecule has 184 valence electrons. The van der Waals surface area contributed by atoms with Crippen LogP contribution in [-0.2, 0) is 16.1 Å². The molecule has 2 aliphatic heterocycles. The first-order chi connectivity index (χ1) is 16.4. The summed E-state index contributed by atoms with van der Waals surface area (Å²) in [6, 6.07) is 13.7. The van der Waals surface area contributed by atoms with Crippen molar-refractivity contribution >= 4 is 11.9 Å². The lowest BCUT2D eigenvalue weighted by Gasteiger charge is -2.42. The normalized spacial score (nSPS) is 19.4. The lowest BCUT2D eigenvalue weighted by atomic mass is 9.85. The number of urea groups is 1. The molecule has 1 unspecified atom stereocenters. The van der Waals surface area contributed by atoms with Crippen molar-refractivity contribution in [2.45, 2.75) is 57.5 Å². The van der Waals surface area contributed by atoms with E-state index in [4.69, 9.17) is 9.15 Å². The van der Waals surface area contributed by atoms with E-state index in [1.165, 1.54) is 4.90 Å². The topological polar surface area (TPSA) is 66.2 Å². The Balaban J connectivity index is 1.42. The second-order valence-corrected chi connectivity index (χ2v) is 9.67. The van der Waals surface area contributed by atoms with Crippen LogP contribution in [0.1, 0.15) is 55.6 Å². The minimum absolute atomic E-state index is 0.0437. The molecular formula is C27H37N3O4. The van der Waals surface area contributed by atoms with E-state index in [9.17, 15) is 9.59 Å². The molecule has 0 radical (unpaired) electrons. The van der Waals surface area contributed by atoms with Crippen LogP contribution in [0.15, 0.2) is 46.9 Å². The van der Waals surface area contributed by atoms with Crippen molar-refractivity contribution in [1.29, 1.82) is 0 Å². The Bertz CT molecular complexity index is 965. The van der Waals surface area contributed by atoms with Crippen LogP contribution in [0.4, 0.5) is 4.79 Å². The van der Waals surface area contributed by atoms with Gasteiger partial charge in [-0.1, -0.05) is 37.3 Å². The minimum atomic E-state index is -0.736. The summed E-state index contributed by atoms with van der Waals surface area (Å²) in [4.78, 5) is 32.8. The Morgan fingerprint density at radius 3 is 2.44 bits per heavy atom. The number of hydrogen-bond acceptors (Lipinski definition) is 5. The lowest BCUT2D eigenvalue weighted by Crippen LogP contribution is -2.57. The highest BCUT2D eigenvalue weighted by Gasteiger charge is 2.57. The van der Waals surface area contributed by atoms with Gasteiger partial charge in [0, 0.05) is 39.3 Å². The molecule has 2 saturated heterocycles. The van der Waals surface area contributed by atoms with Crippen LogP contribution in [0.3, 0.4) is 0 Å². The Morgan fingerprint density at radius 2 is 1.79 bits per heavy atom. The summed E-state index contributed by atoms with van der Waals surface area (Å²) in [6.45, 7) is 8.18. The van der Waals surface area contributed by atoms with Gasteiger partial charge in [0.1, 0.15) is 17.1 Å². The van der Waals surface area contributed by atoms with Gasteiger partial charge in [-0.15, -0.1) is 0 Å². The second-order valence-electron chi connectivity index (χ2n) is 9.67. The molecule has 1 atom stereocenters. The van der Waals surface area contributed by atoms with E-state index in [1.54, 1.807) is 7.11 Å². The zero-order valence-corrected chi connectivity index (χ0v) is 20.7. The van der Waals surface area contributed by atoms with Gasteiger partial charge in [-0.05, 0) is 56.8 Å². The third-order valence-electron chi connectivity index (χ3n) is 7.34. The number of carbonyl (C=O) groups is 2. The highest BCUT2D eigenvalue weighted by Crippen LogP contribution is 2.38. The van der Waals surface area contributed by atoms with Crippen molar-refractivity contribution in [2.24, 2.45) is 0 Å². The quantitative estimate of drug-likeness (QED) is 0.382. The summed E-state index contributed by atoms with van der Waals surface area (Å²) < 4.78 is 11.0. The Labute approximate surface area is 202 Å². The van der Waals surface area contributed by atoms with Gasteiger partial charge in [0.05, 0.1) is 6.54 Å². The van der Waals surface area contributed by atoms with E-state index < -0.39 is 5.54 Å². The number of hydrogen-bond donors (Lipinski definition) is 0. The van der Waals surface area contributed by atoms with Crippen molar-refractivity contribution < 1.29 is 18.7 Å². The Hall–Kier alpha value is -2.64. The fourth-order valence-electron chi connectivity index (χ4n) is 5.23. The molecule has 2 aromatic rings. The number of furan rings is 1. The van der Waals surface area contributed by atoms with Crippen molar-refractivity contribution in [3.63, 3.8) is 0 Å². The monoisotopic (exact) mass is 467 g/mol. The van der Waals surface area contributed by atoms with Crippen LogP contribution >= 0.6 is 0 Å². The predicted octanol–water partition coefficient (Wildman–Crippen LogP) is 4.42. The highest BCUT2D eigenvalue weighted by atomic mass is 16.5. The van der Waals surface area contributed by atoms with Gasteiger partial charge in [-0.25, -0.2) is 4.79 Å². The number of likely N-dealkylation sites (tertiary alicyclic amines) is 1. The average Bonchev–Trinajstić information content (AvgIpc) is 3.36. The molecule has 3 heterocycles. The molecule has 2 fully saturated rings. The molecule has 4 rings (SSSR count). The number of nitrogens with zero attached hydrogens (tertiary/aromatic N) is 3. The van der Waals surface area contributed by atoms with E-state index in [0.717, 1.165) is 49.6 Å². The lowest BCUT2D eigenvalue weighted by molar-refractivity contribution is -0.136. The third kappa shape index (κ3) is 5.05. The number of aryl methyl sites for hydroxylation is 1. The molecule has 1 aromatic heterocycles. The fourth-order valence-corrected chi connectivity index (χ4v) is 5.23. The smallest absolute Gasteiger partial charge is 0.327 e. The van der Waals surface area contributed by atoms with Gasteiger partial charge in [0.15, 0.2) is 0 Å². The van der Waals surface area contributed by atoms with Crippen molar-refractivity contribution in [1.82, 2.24) is 14.7 Å². The molecule has 0 aliphatic carbocycles. The van der Waals surface area contributed by atoms with Crippen molar-refractivity contribution in [2.75, 3.05) is 39.9 Å². The van der Waals surface area contributed by atoms with Crippen molar-refractivity contribution in [3.8, 4) is 0 Å². The Kier molecular flexibility index (Phi) is 7.73. The summed E-state index contributed by atoms with van der Waals surface area (Å²) in [5.74, 6) is 2.28. The zero-order chi connectivity index (χ0) is 24.1. The Morgan fingerprint density at radius 1 is 1.06 bits per heavy atom. The number of benzene rings is 1. The van der Waals surface area contributed by atoms with Gasteiger partial charge in [-0.2, -0.15) is 0 Å². The van der Waals surface area contributed by atoms with Gasteiger partial charge in [-0.3, -0.25) is 9.69 Å². The predicted molar refractivity (Wildman–Crippen MR) is 130 cm³/mol. The summed E-state index contributed by atoms with van der Waals surface area (Å²) in [7, 11) is 1.66. The minimum Gasteiger partial charge on any atom is -0.466 e. The molecule has 34 heavy (non-hydrogen) atoms. The van der Waals surface area contributed by atoms with Crippen LogP contribution in [0.25, 0.3) is 0 Å². The maximum absolute atomic E-state index is 13.7. The van der Waals surface area contributed by atoms with Crippen molar-refractivity contribution in [3.05, 3.63) is 59.5 Å². The summed E-state index contributed by atoms with van der Waals surface area (Å²) in [5, 5.41) is 0. The van der Waals surface area contributed by atoms with Crippen LogP contribution in [-0.4, -0.2) is 72.1 Å². The van der Waals surface area contributed by atoms with Gasteiger partial charge in [0.25, 0.3) is 5.91 Å². The molecule has 3 amide bonds. The van der Waals surface area contributed by atoms with Gasteiger partial charge >= 0.3 is 6.03 Å². The molecule has 0 N–H and O–H groups in total. The number of carbonyl (C=O) groups excluding carboxylic acids is 2.